The van der Waals surface area contributed by atoms with Crippen LogP contribution in [0.1, 0.15) is 47.2 Å². The van der Waals surface area contributed by atoms with Crippen LogP contribution in [0.4, 0.5) is 16.6 Å². The molecule has 3 aromatic rings. The summed E-state index contributed by atoms with van der Waals surface area (Å²) in [5.74, 6) is 1.62. The third kappa shape index (κ3) is 5.04. The van der Waals surface area contributed by atoms with Gasteiger partial charge in [0.2, 0.25) is 5.95 Å². The summed E-state index contributed by atoms with van der Waals surface area (Å²) in [6, 6.07) is 9.50. The van der Waals surface area contributed by atoms with E-state index in [9.17, 15) is 14.7 Å². The van der Waals surface area contributed by atoms with Crippen molar-refractivity contribution in [3.05, 3.63) is 59.4 Å². The Kier molecular flexibility index (Phi) is 6.41. The topological polar surface area (TPSA) is 156 Å². The van der Waals surface area contributed by atoms with Crippen LogP contribution in [0.15, 0.2) is 42.7 Å². The van der Waals surface area contributed by atoms with E-state index < -0.39 is 6.09 Å². The van der Waals surface area contributed by atoms with Crippen LogP contribution in [0.25, 0.3) is 11.3 Å². The number of anilines is 2. The van der Waals surface area contributed by atoms with Crippen molar-refractivity contribution in [2.24, 2.45) is 5.41 Å². The number of fused-ring (bicyclic) bond motifs is 1. The van der Waals surface area contributed by atoms with Gasteiger partial charge in [-0.05, 0) is 54.9 Å². The number of nitrogens with one attached hydrogen (secondary N) is 2. The Morgan fingerprint density at radius 2 is 2.00 bits per heavy atom. The van der Waals surface area contributed by atoms with Gasteiger partial charge < -0.3 is 31.1 Å². The second-order valence-electron chi connectivity index (χ2n) is 10.6. The highest BCUT2D eigenvalue weighted by Crippen LogP contribution is 2.49. The minimum atomic E-state index is -0.846. The van der Waals surface area contributed by atoms with E-state index in [-0.39, 0.29) is 23.3 Å². The second-order valence-corrected chi connectivity index (χ2v) is 10.6. The number of pyridine rings is 1. The Morgan fingerprint density at radius 1 is 1.18 bits per heavy atom. The number of hydrogen-bond donors (Lipinski definition) is 4. The van der Waals surface area contributed by atoms with Crippen molar-refractivity contribution in [1.29, 1.82) is 0 Å². The fourth-order valence-corrected chi connectivity index (χ4v) is 5.99. The predicted molar refractivity (Wildman–Crippen MR) is 144 cm³/mol. The molecule has 4 heterocycles. The predicted octanol–water partition coefficient (Wildman–Crippen LogP) is 3.32. The van der Waals surface area contributed by atoms with Gasteiger partial charge in [0.25, 0.3) is 5.91 Å². The lowest BCUT2D eigenvalue weighted by Gasteiger charge is -2.51. The molecule has 1 aromatic carbocycles. The quantitative estimate of drug-likeness (QED) is 0.376. The van der Waals surface area contributed by atoms with Gasteiger partial charge in [-0.25, -0.2) is 19.7 Å². The third-order valence-electron chi connectivity index (χ3n) is 8.11. The van der Waals surface area contributed by atoms with E-state index in [2.05, 4.69) is 25.6 Å². The van der Waals surface area contributed by atoms with Crippen molar-refractivity contribution in [3.8, 4) is 17.0 Å². The number of amides is 2. The molecule has 0 atom stereocenters. The maximum Gasteiger partial charge on any atom is 0.407 e. The smallest absolute Gasteiger partial charge is 0.407 e. The molecule has 0 unspecified atom stereocenters. The summed E-state index contributed by atoms with van der Waals surface area (Å²) in [6.45, 7) is 2.23. The first kappa shape index (κ1) is 24.9. The molecule has 11 nitrogen and oxygen atoms in total. The molecule has 6 rings (SSSR count). The fourth-order valence-electron chi connectivity index (χ4n) is 5.99. The normalized spacial score (nSPS) is 17.7. The van der Waals surface area contributed by atoms with Crippen LogP contribution in [-0.2, 0) is 13.0 Å². The first-order valence-electron chi connectivity index (χ1n) is 13.2. The zero-order chi connectivity index (χ0) is 27.0. The van der Waals surface area contributed by atoms with Crippen LogP contribution >= 0.6 is 0 Å². The Balaban J connectivity index is 1.07. The number of hydrogen-bond acceptors (Lipinski definition) is 8. The lowest BCUT2D eigenvalue weighted by atomic mass is 9.60. The van der Waals surface area contributed by atoms with Crippen molar-refractivity contribution >= 4 is 23.8 Å². The molecular formula is C28H31N7O4. The van der Waals surface area contributed by atoms with E-state index in [0.717, 1.165) is 60.4 Å². The molecule has 2 fully saturated rings. The molecule has 11 heteroatoms. The molecule has 0 bridgehead atoms. The molecular weight excluding hydrogens is 498 g/mol. The summed E-state index contributed by atoms with van der Waals surface area (Å²) in [6.07, 6.45) is 6.78. The molecule has 39 heavy (non-hydrogen) atoms. The van der Waals surface area contributed by atoms with Crippen molar-refractivity contribution in [2.45, 2.75) is 44.7 Å². The third-order valence-corrected chi connectivity index (χ3v) is 8.11. The average Bonchev–Trinajstić information content (AvgIpc) is 3.42. The number of nitrogens with zero attached hydrogens (tertiary/aromatic N) is 4. The van der Waals surface area contributed by atoms with Gasteiger partial charge in [0, 0.05) is 55.6 Å². The highest BCUT2D eigenvalue weighted by molar-refractivity contribution is 5.94. The minimum Gasteiger partial charge on any atom is -0.492 e. The first-order chi connectivity index (χ1) is 18.9. The standard InChI is InChI=1S/C28H31N7O4/c29-26-30-8-4-22(34-26)21-16-32-24(20-5-11-39-23(20)21)31-15-17-2-1-3-18(12-17)25(36)33-19-13-28(14-19)6-9-35(10-7-28)27(37)38/h1-4,8,12,16,19H,5-7,9-11,13-15H2,(H,31,32)(H,33,36)(H,37,38)(H2,29,30,34). The molecule has 1 spiro atoms. The Hall–Kier alpha value is -4.41. The van der Waals surface area contributed by atoms with E-state index in [1.165, 1.54) is 4.90 Å². The van der Waals surface area contributed by atoms with E-state index in [1.807, 2.05) is 24.3 Å². The largest absolute Gasteiger partial charge is 0.492 e. The van der Waals surface area contributed by atoms with Gasteiger partial charge in [0.05, 0.1) is 17.9 Å². The maximum atomic E-state index is 13.0. The molecule has 5 N–H and O–H groups in total. The highest BCUT2D eigenvalue weighted by Gasteiger charge is 2.46. The van der Waals surface area contributed by atoms with Crippen LogP contribution in [0.5, 0.6) is 5.75 Å². The van der Waals surface area contributed by atoms with E-state index in [4.69, 9.17) is 10.5 Å². The Morgan fingerprint density at radius 3 is 2.77 bits per heavy atom. The molecule has 1 aliphatic carbocycles. The average molecular weight is 530 g/mol. The minimum absolute atomic E-state index is 0.0828. The van der Waals surface area contributed by atoms with Gasteiger partial charge in [-0.15, -0.1) is 0 Å². The van der Waals surface area contributed by atoms with Crippen LogP contribution in [-0.4, -0.2) is 62.7 Å². The molecule has 2 amide bonds. The maximum absolute atomic E-state index is 13.0. The number of carbonyl (C=O) groups is 2. The van der Waals surface area contributed by atoms with E-state index in [1.54, 1.807) is 18.5 Å². The van der Waals surface area contributed by atoms with Gasteiger partial charge in [-0.1, -0.05) is 12.1 Å². The number of piperidine rings is 1. The van der Waals surface area contributed by atoms with Crippen LogP contribution in [0.2, 0.25) is 0 Å². The molecule has 0 radical (unpaired) electrons. The van der Waals surface area contributed by atoms with Gasteiger partial charge >= 0.3 is 6.09 Å². The number of benzene rings is 1. The summed E-state index contributed by atoms with van der Waals surface area (Å²) in [5, 5.41) is 15.7. The summed E-state index contributed by atoms with van der Waals surface area (Å²) in [4.78, 5) is 38.5. The van der Waals surface area contributed by atoms with Crippen molar-refractivity contribution < 1.29 is 19.4 Å². The summed E-state index contributed by atoms with van der Waals surface area (Å²) in [7, 11) is 0. The Bertz CT molecular complexity index is 1410. The molecule has 202 valence electrons. The first-order valence-corrected chi connectivity index (χ1v) is 13.2. The number of carbonyl (C=O) groups excluding carboxylic acids is 1. The van der Waals surface area contributed by atoms with Gasteiger partial charge in [0.1, 0.15) is 11.6 Å². The monoisotopic (exact) mass is 529 g/mol. The highest BCUT2D eigenvalue weighted by atomic mass is 16.5. The zero-order valence-corrected chi connectivity index (χ0v) is 21.5. The zero-order valence-electron chi connectivity index (χ0n) is 21.5. The van der Waals surface area contributed by atoms with Crippen LogP contribution in [0.3, 0.4) is 0 Å². The second kappa shape index (κ2) is 10.0. The van der Waals surface area contributed by atoms with E-state index >= 15 is 0 Å². The van der Waals surface area contributed by atoms with Crippen LogP contribution in [0, 0.1) is 5.41 Å². The molecule has 3 aliphatic rings. The van der Waals surface area contributed by atoms with Gasteiger partial charge in [0.15, 0.2) is 0 Å². The number of aromatic nitrogens is 3. The molecule has 2 aromatic heterocycles. The summed E-state index contributed by atoms with van der Waals surface area (Å²) >= 11 is 0. The summed E-state index contributed by atoms with van der Waals surface area (Å²) in [5.41, 5.74) is 9.96. The fraction of sp³-hybridized carbons (Fsp3) is 0.393. The number of carboxylic acid groups (broad SMARTS) is 1. The molecule has 2 aliphatic heterocycles. The molecule has 1 saturated carbocycles. The number of likely N-dealkylation sites (tertiary alicyclic amines) is 1. The number of rotatable bonds is 6. The van der Waals surface area contributed by atoms with Gasteiger partial charge in [-0.3, -0.25) is 4.79 Å². The van der Waals surface area contributed by atoms with Crippen molar-refractivity contribution in [3.63, 3.8) is 0 Å². The van der Waals surface area contributed by atoms with E-state index in [0.29, 0.717) is 37.5 Å². The van der Waals surface area contributed by atoms with Gasteiger partial charge in [-0.2, -0.15) is 0 Å². The molecule has 1 saturated heterocycles. The SMILES string of the molecule is Nc1nccc(-c2cnc(NCc3cccc(C(=O)NC4CC5(CCN(C(=O)O)CC5)C4)c3)c3c2OCC3)n1. The number of nitrogens with two attached hydrogens (primary N) is 1. The lowest BCUT2D eigenvalue weighted by Crippen LogP contribution is -2.55. The Labute approximate surface area is 225 Å². The lowest BCUT2D eigenvalue weighted by molar-refractivity contribution is 0.0106. The summed E-state index contributed by atoms with van der Waals surface area (Å²) < 4.78 is 5.91. The van der Waals surface area contributed by atoms with Crippen LogP contribution < -0.4 is 21.1 Å². The van der Waals surface area contributed by atoms with Crippen molar-refractivity contribution in [1.82, 2.24) is 25.2 Å². The van der Waals surface area contributed by atoms with Crippen molar-refractivity contribution in [2.75, 3.05) is 30.7 Å². The number of ether oxygens (including phenoxy) is 1. The number of nitrogen functional groups attached to an aromatic ring is 1.